The van der Waals surface area contributed by atoms with E-state index in [9.17, 15) is 0 Å². The highest BCUT2D eigenvalue weighted by atomic mass is 16.6. The zero-order valence-electron chi connectivity index (χ0n) is 8.34. The van der Waals surface area contributed by atoms with Crippen molar-refractivity contribution in [1.29, 1.82) is 0 Å². The van der Waals surface area contributed by atoms with Crippen LogP contribution in [0.2, 0.25) is 0 Å². The van der Waals surface area contributed by atoms with Gasteiger partial charge in [0.05, 0.1) is 5.71 Å². The van der Waals surface area contributed by atoms with Gasteiger partial charge in [0.1, 0.15) is 0 Å². The minimum atomic E-state index is 0.394. The highest BCUT2D eigenvalue weighted by Gasteiger charge is 1.97. The van der Waals surface area contributed by atoms with Gasteiger partial charge >= 0.3 is 6.01 Å². The Hall–Kier alpha value is -2.10. The Balaban J connectivity index is 2.08. The van der Waals surface area contributed by atoms with Gasteiger partial charge in [-0.15, -0.1) is 0 Å². The van der Waals surface area contributed by atoms with E-state index in [1.165, 1.54) is 0 Å². The Morgan fingerprint density at radius 3 is 2.80 bits per heavy atom. The van der Waals surface area contributed by atoms with Crippen LogP contribution in [0, 0.1) is 0 Å². The van der Waals surface area contributed by atoms with Crippen LogP contribution in [0.25, 0.3) is 0 Å². The van der Waals surface area contributed by atoms with E-state index >= 15 is 0 Å². The number of benzene rings is 1. The molecule has 0 amide bonds. The summed E-state index contributed by atoms with van der Waals surface area (Å²) in [5.74, 6) is 0. The van der Waals surface area contributed by atoms with Crippen LogP contribution in [0.1, 0.15) is 12.5 Å². The average Bonchev–Trinajstić information content (AvgIpc) is 2.80. The molecule has 0 atom stereocenters. The molecule has 4 heteroatoms. The van der Waals surface area contributed by atoms with Crippen molar-refractivity contribution in [3.8, 4) is 6.01 Å². The lowest BCUT2D eigenvalue weighted by Gasteiger charge is -1.98. The zero-order chi connectivity index (χ0) is 10.5. The summed E-state index contributed by atoms with van der Waals surface area (Å²) in [4.78, 5) is 11.8. The van der Waals surface area contributed by atoms with Gasteiger partial charge in [-0.05, 0) is 12.5 Å². The van der Waals surface area contributed by atoms with Crippen LogP contribution < -0.4 is 4.84 Å². The molecule has 2 rings (SSSR count). The molecule has 0 spiro atoms. The lowest BCUT2D eigenvalue weighted by molar-refractivity contribution is 0.316. The van der Waals surface area contributed by atoms with Crippen molar-refractivity contribution in [2.45, 2.75) is 6.92 Å². The number of imidazole rings is 1. The van der Waals surface area contributed by atoms with E-state index in [1.807, 2.05) is 37.3 Å². The van der Waals surface area contributed by atoms with E-state index in [2.05, 4.69) is 15.1 Å². The average molecular weight is 201 g/mol. The Kier molecular flexibility index (Phi) is 2.78. The molecule has 76 valence electrons. The van der Waals surface area contributed by atoms with E-state index in [0.29, 0.717) is 6.01 Å². The molecule has 0 radical (unpaired) electrons. The van der Waals surface area contributed by atoms with Gasteiger partial charge in [-0.3, -0.25) is 0 Å². The first-order valence-corrected chi connectivity index (χ1v) is 4.62. The number of hydrogen-bond donors (Lipinski definition) is 1. The fourth-order valence-corrected chi connectivity index (χ4v) is 1.14. The molecular weight excluding hydrogens is 190 g/mol. The molecule has 0 aliphatic rings. The lowest BCUT2D eigenvalue weighted by atomic mass is 10.1. The van der Waals surface area contributed by atoms with Gasteiger partial charge < -0.3 is 9.82 Å². The van der Waals surface area contributed by atoms with Gasteiger partial charge in [0.15, 0.2) is 0 Å². The SMILES string of the molecule is CC(=NOc1ncc[nH]1)c1ccccc1. The molecular formula is C11H11N3O. The molecule has 1 N–H and O–H groups in total. The fraction of sp³-hybridized carbons (Fsp3) is 0.0909. The number of nitrogens with zero attached hydrogens (tertiary/aromatic N) is 2. The van der Waals surface area contributed by atoms with Crippen LogP contribution in [0.15, 0.2) is 47.9 Å². The largest absolute Gasteiger partial charge is 0.323 e. The first kappa shape index (κ1) is 9.45. The summed E-state index contributed by atoms with van der Waals surface area (Å²) >= 11 is 0. The van der Waals surface area contributed by atoms with Gasteiger partial charge in [-0.25, -0.2) is 4.98 Å². The molecule has 1 heterocycles. The second-order valence-corrected chi connectivity index (χ2v) is 3.03. The van der Waals surface area contributed by atoms with Crippen molar-refractivity contribution in [2.75, 3.05) is 0 Å². The fourth-order valence-electron chi connectivity index (χ4n) is 1.14. The number of aromatic amines is 1. The molecule has 0 saturated heterocycles. The predicted octanol–water partition coefficient (Wildman–Crippen LogP) is 2.21. The van der Waals surface area contributed by atoms with Crippen LogP contribution in [-0.2, 0) is 0 Å². The third-order valence-corrected chi connectivity index (χ3v) is 1.93. The number of H-pyrrole nitrogens is 1. The summed E-state index contributed by atoms with van der Waals surface area (Å²) in [7, 11) is 0. The van der Waals surface area contributed by atoms with Crippen molar-refractivity contribution < 1.29 is 4.84 Å². The van der Waals surface area contributed by atoms with Gasteiger partial charge in [0, 0.05) is 12.4 Å². The van der Waals surface area contributed by atoms with E-state index < -0.39 is 0 Å². The van der Waals surface area contributed by atoms with E-state index in [-0.39, 0.29) is 0 Å². The Morgan fingerprint density at radius 2 is 2.13 bits per heavy atom. The molecule has 0 unspecified atom stereocenters. The van der Waals surface area contributed by atoms with Gasteiger partial charge in [-0.1, -0.05) is 35.5 Å². The van der Waals surface area contributed by atoms with Crippen molar-refractivity contribution in [3.63, 3.8) is 0 Å². The standard InChI is InChI=1S/C11H11N3O/c1-9(10-5-3-2-4-6-10)14-15-11-12-7-8-13-11/h2-8H,1H3,(H,12,13). The van der Waals surface area contributed by atoms with Crippen molar-refractivity contribution in [3.05, 3.63) is 48.3 Å². The van der Waals surface area contributed by atoms with Crippen molar-refractivity contribution in [2.24, 2.45) is 5.16 Å². The molecule has 1 aromatic heterocycles. The van der Waals surface area contributed by atoms with Gasteiger partial charge in [-0.2, -0.15) is 0 Å². The summed E-state index contributed by atoms with van der Waals surface area (Å²) < 4.78 is 0. The molecule has 0 aliphatic carbocycles. The number of hydrogen-bond acceptors (Lipinski definition) is 3. The van der Waals surface area contributed by atoms with Crippen LogP contribution in [0.4, 0.5) is 0 Å². The van der Waals surface area contributed by atoms with Crippen molar-refractivity contribution >= 4 is 5.71 Å². The second-order valence-electron chi connectivity index (χ2n) is 3.03. The maximum Gasteiger partial charge on any atom is 0.323 e. The number of rotatable bonds is 3. The smallest absolute Gasteiger partial charge is 0.317 e. The number of nitrogens with one attached hydrogen (secondary N) is 1. The molecule has 1 aromatic carbocycles. The second kappa shape index (κ2) is 4.41. The molecule has 0 fully saturated rings. The highest BCUT2D eigenvalue weighted by Crippen LogP contribution is 2.03. The summed E-state index contributed by atoms with van der Waals surface area (Å²) in [6.45, 7) is 1.89. The zero-order valence-corrected chi connectivity index (χ0v) is 8.34. The molecule has 0 bridgehead atoms. The maximum absolute atomic E-state index is 5.08. The minimum absolute atomic E-state index is 0.394. The third kappa shape index (κ3) is 2.43. The molecule has 2 aromatic rings. The van der Waals surface area contributed by atoms with Crippen LogP contribution in [0.5, 0.6) is 6.01 Å². The Labute approximate surface area is 87.6 Å². The Morgan fingerprint density at radius 1 is 1.33 bits per heavy atom. The van der Waals surface area contributed by atoms with E-state index in [1.54, 1.807) is 12.4 Å². The van der Waals surface area contributed by atoms with Crippen LogP contribution in [-0.4, -0.2) is 15.7 Å². The molecule has 0 aliphatic heterocycles. The van der Waals surface area contributed by atoms with E-state index in [4.69, 9.17) is 4.84 Å². The summed E-state index contributed by atoms with van der Waals surface area (Å²) in [5.41, 5.74) is 1.84. The first-order chi connectivity index (χ1) is 7.36. The maximum atomic E-state index is 5.08. The van der Waals surface area contributed by atoms with Gasteiger partial charge in [0.2, 0.25) is 0 Å². The normalized spacial score (nSPS) is 11.4. The number of aromatic nitrogens is 2. The molecule has 15 heavy (non-hydrogen) atoms. The minimum Gasteiger partial charge on any atom is -0.317 e. The van der Waals surface area contributed by atoms with Crippen LogP contribution >= 0.6 is 0 Å². The number of oxime groups is 1. The summed E-state index contributed by atoms with van der Waals surface area (Å²) in [5, 5.41) is 3.96. The highest BCUT2D eigenvalue weighted by molar-refractivity contribution is 5.98. The lowest BCUT2D eigenvalue weighted by Crippen LogP contribution is -1.97. The summed E-state index contributed by atoms with van der Waals surface area (Å²) in [6.07, 6.45) is 3.30. The molecule has 0 saturated carbocycles. The summed E-state index contributed by atoms with van der Waals surface area (Å²) in [6, 6.07) is 10.2. The van der Waals surface area contributed by atoms with Gasteiger partial charge in [0.25, 0.3) is 0 Å². The molecule has 4 nitrogen and oxygen atoms in total. The third-order valence-electron chi connectivity index (χ3n) is 1.93. The van der Waals surface area contributed by atoms with E-state index in [0.717, 1.165) is 11.3 Å². The first-order valence-electron chi connectivity index (χ1n) is 4.62. The predicted molar refractivity (Wildman–Crippen MR) is 57.9 cm³/mol. The quantitative estimate of drug-likeness (QED) is 0.611. The Bertz CT molecular complexity index is 434. The van der Waals surface area contributed by atoms with Crippen molar-refractivity contribution in [1.82, 2.24) is 9.97 Å². The topological polar surface area (TPSA) is 50.3 Å². The van der Waals surface area contributed by atoms with Crippen LogP contribution in [0.3, 0.4) is 0 Å². The monoisotopic (exact) mass is 201 g/mol.